The third-order valence-corrected chi connectivity index (χ3v) is 5.05. The topological polar surface area (TPSA) is 181 Å². The van der Waals surface area contributed by atoms with Crippen LogP contribution in [0.3, 0.4) is 0 Å². The zero-order valence-corrected chi connectivity index (χ0v) is 19.0. The molecule has 182 valence electrons. The third-order valence-electron chi connectivity index (χ3n) is 5.05. The molecule has 0 fully saturated rings. The van der Waals surface area contributed by atoms with Crippen molar-refractivity contribution < 1.29 is 19.4 Å². The Morgan fingerprint density at radius 2 is 1.92 bits per heavy atom. The maximum absolute atomic E-state index is 12.4. The number of ether oxygens (including phenoxy) is 1. The van der Waals surface area contributed by atoms with Crippen LogP contribution in [0.25, 0.3) is 16.6 Å². The summed E-state index contributed by atoms with van der Waals surface area (Å²) in [6.45, 7) is 3.40. The number of nitro groups is 2. The fraction of sp³-hybridized carbons (Fsp3) is 0.136. The van der Waals surface area contributed by atoms with Crippen LogP contribution < -0.4 is 5.43 Å². The molecule has 0 radical (unpaired) electrons. The Morgan fingerprint density at radius 1 is 1.14 bits per heavy atom. The van der Waals surface area contributed by atoms with Crippen molar-refractivity contribution in [2.24, 2.45) is 5.10 Å². The normalized spacial score (nSPS) is 11.3. The number of esters is 1. The summed E-state index contributed by atoms with van der Waals surface area (Å²) in [6.07, 6.45) is 1.59. The molecule has 2 aromatic carbocycles. The van der Waals surface area contributed by atoms with Crippen molar-refractivity contribution >= 4 is 39.5 Å². The van der Waals surface area contributed by atoms with Crippen molar-refractivity contribution in [3.63, 3.8) is 0 Å². The summed E-state index contributed by atoms with van der Waals surface area (Å²) >= 11 is 0. The first-order chi connectivity index (χ1) is 17.3. The standard InChI is InChI=1S/C22H18N8O6/c1-3-36-22(31)18-11-19(28(27-18)21-16-7-5-4-6-14(16)12-23-26-21)13(2)24-25-17-9-8-15(29(32)33)10-20(17)30(34)35/h4-12,25H,3H2,1-2H3. The lowest BCUT2D eigenvalue weighted by atomic mass is 10.2. The minimum absolute atomic E-state index is 0.00236. The van der Waals surface area contributed by atoms with Crippen molar-refractivity contribution in [1.82, 2.24) is 20.0 Å². The van der Waals surface area contributed by atoms with Gasteiger partial charge in [-0.3, -0.25) is 25.7 Å². The SMILES string of the molecule is CCOC(=O)c1cc(C(C)=NNc2ccc([N+](=O)[O-])cc2[N+](=O)[O-])n(-c2nncc3ccccc23)n1. The Balaban J connectivity index is 1.80. The Kier molecular flexibility index (Phi) is 6.58. The lowest BCUT2D eigenvalue weighted by Crippen LogP contribution is -2.12. The van der Waals surface area contributed by atoms with Crippen LogP contribution in [0.15, 0.2) is 59.8 Å². The molecule has 36 heavy (non-hydrogen) atoms. The molecule has 2 aromatic heterocycles. The molecule has 4 rings (SSSR count). The Labute approximate surface area is 202 Å². The smallest absolute Gasteiger partial charge is 0.358 e. The molecule has 0 bridgehead atoms. The molecule has 14 nitrogen and oxygen atoms in total. The van der Waals surface area contributed by atoms with Crippen LogP contribution in [-0.2, 0) is 4.74 Å². The molecule has 1 N–H and O–H groups in total. The molecular weight excluding hydrogens is 472 g/mol. The van der Waals surface area contributed by atoms with Gasteiger partial charge in [0.05, 0.1) is 40.1 Å². The molecule has 0 amide bonds. The molecule has 0 aliphatic rings. The number of rotatable bonds is 8. The number of anilines is 1. The van der Waals surface area contributed by atoms with Crippen LogP contribution in [0.1, 0.15) is 30.0 Å². The van der Waals surface area contributed by atoms with Gasteiger partial charge >= 0.3 is 11.7 Å². The van der Waals surface area contributed by atoms with Crippen LogP contribution >= 0.6 is 0 Å². The number of hydrazone groups is 1. The van der Waals surface area contributed by atoms with Crippen molar-refractivity contribution in [3.8, 4) is 5.82 Å². The van der Waals surface area contributed by atoms with Gasteiger partial charge in [0.1, 0.15) is 5.69 Å². The maximum Gasteiger partial charge on any atom is 0.358 e. The first-order valence-electron chi connectivity index (χ1n) is 10.5. The van der Waals surface area contributed by atoms with Crippen molar-refractivity contribution in [1.29, 1.82) is 0 Å². The molecule has 0 aliphatic carbocycles. The number of aromatic nitrogens is 4. The van der Waals surface area contributed by atoms with Crippen LogP contribution in [0.5, 0.6) is 0 Å². The van der Waals surface area contributed by atoms with Gasteiger partial charge in [-0.25, -0.2) is 9.48 Å². The summed E-state index contributed by atoms with van der Waals surface area (Å²) in [7, 11) is 0. The van der Waals surface area contributed by atoms with E-state index >= 15 is 0 Å². The number of benzene rings is 2. The number of nitrogens with one attached hydrogen (secondary N) is 1. The van der Waals surface area contributed by atoms with Gasteiger partial charge < -0.3 is 4.74 Å². The maximum atomic E-state index is 12.4. The highest BCUT2D eigenvalue weighted by Crippen LogP contribution is 2.29. The summed E-state index contributed by atoms with van der Waals surface area (Å²) in [5.74, 6) is -0.327. The van der Waals surface area contributed by atoms with Crippen molar-refractivity contribution in [3.05, 3.63) is 86.3 Å². The Bertz CT molecular complexity index is 1530. The van der Waals surface area contributed by atoms with Crippen molar-refractivity contribution in [2.75, 3.05) is 12.0 Å². The van der Waals surface area contributed by atoms with Crippen LogP contribution in [0.4, 0.5) is 17.1 Å². The number of non-ortho nitro benzene ring substituents is 1. The van der Waals surface area contributed by atoms with Gasteiger partial charge in [-0.05, 0) is 19.9 Å². The summed E-state index contributed by atoms with van der Waals surface area (Å²) in [5.41, 5.74) is 2.16. The van der Waals surface area contributed by atoms with Gasteiger partial charge in [0, 0.05) is 22.9 Å². The van der Waals surface area contributed by atoms with Crippen LogP contribution in [0.2, 0.25) is 0 Å². The number of hydrogen-bond acceptors (Lipinski definition) is 11. The number of carbonyl (C=O) groups excluding carboxylic acids is 1. The average molecular weight is 490 g/mol. The lowest BCUT2D eigenvalue weighted by molar-refractivity contribution is -0.393. The number of carbonyl (C=O) groups is 1. The average Bonchev–Trinajstić information content (AvgIpc) is 3.32. The second kappa shape index (κ2) is 9.92. The van der Waals surface area contributed by atoms with Gasteiger partial charge in [-0.2, -0.15) is 15.3 Å². The number of fused-ring (bicyclic) bond motifs is 1. The van der Waals surface area contributed by atoms with E-state index in [1.807, 2.05) is 24.3 Å². The van der Waals surface area contributed by atoms with Crippen molar-refractivity contribution in [2.45, 2.75) is 13.8 Å². The van der Waals surface area contributed by atoms with E-state index in [0.717, 1.165) is 17.5 Å². The Morgan fingerprint density at radius 3 is 2.64 bits per heavy atom. The quantitative estimate of drug-likeness (QED) is 0.166. The molecule has 0 atom stereocenters. The van der Waals surface area contributed by atoms with Crippen LogP contribution in [0, 0.1) is 20.2 Å². The highest BCUT2D eigenvalue weighted by Gasteiger charge is 2.22. The van der Waals surface area contributed by atoms with Crippen LogP contribution in [-0.4, -0.2) is 48.1 Å². The molecule has 0 aliphatic heterocycles. The second-order valence-corrected chi connectivity index (χ2v) is 7.33. The molecule has 2 heterocycles. The van der Waals surface area contributed by atoms with E-state index in [1.54, 1.807) is 20.0 Å². The fourth-order valence-electron chi connectivity index (χ4n) is 3.35. The zero-order chi connectivity index (χ0) is 25.8. The number of nitrogens with zero attached hydrogens (tertiary/aromatic N) is 7. The first kappa shape index (κ1) is 23.9. The summed E-state index contributed by atoms with van der Waals surface area (Å²) in [4.78, 5) is 33.3. The molecule has 0 saturated heterocycles. The summed E-state index contributed by atoms with van der Waals surface area (Å²) in [5, 5.41) is 40.7. The predicted molar refractivity (Wildman–Crippen MR) is 128 cm³/mol. The van der Waals surface area contributed by atoms with Gasteiger partial charge in [-0.1, -0.05) is 24.3 Å². The van der Waals surface area contributed by atoms with E-state index in [-0.39, 0.29) is 23.7 Å². The number of hydrogen-bond donors (Lipinski definition) is 1. The monoisotopic (exact) mass is 490 g/mol. The van der Waals surface area contributed by atoms with Gasteiger partial charge in [0.2, 0.25) is 0 Å². The molecule has 14 heteroatoms. The van der Waals surface area contributed by atoms with Gasteiger partial charge in [0.15, 0.2) is 11.5 Å². The lowest BCUT2D eigenvalue weighted by Gasteiger charge is -2.09. The van der Waals surface area contributed by atoms with E-state index in [1.165, 1.54) is 16.8 Å². The number of nitro benzene ring substituents is 2. The largest absolute Gasteiger partial charge is 0.461 e. The Hall–Kier alpha value is -5.27. The summed E-state index contributed by atoms with van der Waals surface area (Å²) in [6, 6.07) is 11.9. The highest BCUT2D eigenvalue weighted by molar-refractivity contribution is 6.01. The fourth-order valence-corrected chi connectivity index (χ4v) is 3.35. The predicted octanol–water partition coefficient (Wildman–Crippen LogP) is 3.64. The molecule has 0 unspecified atom stereocenters. The second-order valence-electron chi connectivity index (χ2n) is 7.33. The molecule has 4 aromatic rings. The minimum atomic E-state index is -0.755. The molecule has 0 saturated carbocycles. The highest BCUT2D eigenvalue weighted by atomic mass is 16.6. The summed E-state index contributed by atoms with van der Waals surface area (Å²) < 4.78 is 6.45. The van der Waals surface area contributed by atoms with E-state index < -0.39 is 27.2 Å². The van der Waals surface area contributed by atoms with E-state index in [2.05, 4.69) is 25.8 Å². The zero-order valence-electron chi connectivity index (χ0n) is 19.0. The van der Waals surface area contributed by atoms with Gasteiger partial charge in [-0.15, -0.1) is 5.10 Å². The van der Waals surface area contributed by atoms with E-state index in [9.17, 15) is 25.0 Å². The third kappa shape index (κ3) is 4.68. The first-order valence-corrected chi connectivity index (χ1v) is 10.5. The van der Waals surface area contributed by atoms with E-state index in [4.69, 9.17) is 4.74 Å². The minimum Gasteiger partial charge on any atom is -0.461 e. The molecular formula is C22H18N8O6. The van der Waals surface area contributed by atoms with E-state index in [0.29, 0.717) is 16.9 Å². The molecule has 0 spiro atoms. The van der Waals surface area contributed by atoms with Gasteiger partial charge in [0.25, 0.3) is 5.69 Å².